The van der Waals surface area contributed by atoms with Gasteiger partial charge in [-0.3, -0.25) is 4.68 Å². The van der Waals surface area contributed by atoms with Crippen molar-refractivity contribution in [1.82, 2.24) is 15.1 Å². The molecule has 0 bridgehead atoms. The van der Waals surface area contributed by atoms with Crippen LogP contribution in [0.25, 0.3) is 0 Å². The zero-order valence-corrected chi connectivity index (χ0v) is 10.7. The number of hydrogen-bond acceptors (Lipinski definition) is 2. The molecule has 0 aliphatic heterocycles. The van der Waals surface area contributed by atoms with E-state index in [0.717, 1.165) is 30.6 Å². The number of nitrogens with zero attached hydrogens (tertiary/aromatic N) is 2. The molecule has 0 radical (unpaired) electrons. The Balaban J connectivity index is 1.74. The summed E-state index contributed by atoms with van der Waals surface area (Å²) in [5.74, 6) is 1.83. The number of aromatic nitrogens is 2. The monoisotopic (exact) mass is 221 g/mol. The van der Waals surface area contributed by atoms with Crippen LogP contribution < -0.4 is 5.32 Å². The largest absolute Gasteiger partial charge is 0.311 e. The van der Waals surface area contributed by atoms with E-state index in [0.29, 0.717) is 0 Å². The maximum atomic E-state index is 4.35. The van der Waals surface area contributed by atoms with Crippen molar-refractivity contribution in [2.24, 2.45) is 18.9 Å². The molecule has 1 N–H and O–H groups in total. The second kappa shape index (κ2) is 5.00. The maximum Gasteiger partial charge on any atom is 0.0597 e. The highest BCUT2D eigenvalue weighted by molar-refractivity contribution is 5.08. The van der Waals surface area contributed by atoms with Crippen LogP contribution in [0.15, 0.2) is 6.07 Å². The van der Waals surface area contributed by atoms with Gasteiger partial charge in [0.15, 0.2) is 0 Å². The molecule has 0 amide bonds. The molecule has 1 fully saturated rings. The van der Waals surface area contributed by atoms with Gasteiger partial charge in [-0.2, -0.15) is 5.10 Å². The molecule has 2 atom stereocenters. The molecule has 1 saturated carbocycles. The summed E-state index contributed by atoms with van der Waals surface area (Å²) in [5.41, 5.74) is 2.39. The smallest absolute Gasteiger partial charge is 0.0597 e. The summed E-state index contributed by atoms with van der Waals surface area (Å²) >= 11 is 0. The zero-order chi connectivity index (χ0) is 11.5. The lowest BCUT2D eigenvalue weighted by Gasteiger charge is -2.10. The van der Waals surface area contributed by atoms with Crippen molar-refractivity contribution in [3.63, 3.8) is 0 Å². The van der Waals surface area contributed by atoms with Crippen molar-refractivity contribution < 1.29 is 0 Å². The van der Waals surface area contributed by atoms with Crippen LogP contribution in [0.2, 0.25) is 0 Å². The van der Waals surface area contributed by atoms with E-state index in [2.05, 4.69) is 23.4 Å². The zero-order valence-electron chi connectivity index (χ0n) is 10.7. The van der Waals surface area contributed by atoms with E-state index >= 15 is 0 Å². The van der Waals surface area contributed by atoms with Crippen molar-refractivity contribution in [2.45, 2.75) is 39.7 Å². The molecule has 3 heteroatoms. The van der Waals surface area contributed by atoms with Crippen LogP contribution in [0.4, 0.5) is 0 Å². The molecule has 1 aliphatic carbocycles. The molecular formula is C13H23N3. The molecule has 0 spiro atoms. The first-order valence-corrected chi connectivity index (χ1v) is 6.35. The molecule has 1 heterocycles. The van der Waals surface area contributed by atoms with Gasteiger partial charge in [-0.25, -0.2) is 0 Å². The first-order valence-electron chi connectivity index (χ1n) is 6.35. The van der Waals surface area contributed by atoms with E-state index in [1.54, 1.807) is 0 Å². The summed E-state index contributed by atoms with van der Waals surface area (Å²) in [6.07, 6.45) is 4.22. The summed E-state index contributed by atoms with van der Waals surface area (Å²) < 4.78 is 1.97. The molecule has 0 saturated heterocycles. The van der Waals surface area contributed by atoms with Crippen molar-refractivity contribution in [3.8, 4) is 0 Å². The van der Waals surface area contributed by atoms with Crippen LogP contribution in [0.3, 0.4) is 0 Å². The van der Waals surface area contributed by atoms with E-state index in [4.69, 9.17) is 0 Å². The SMILES string of the molecule is Cc1cc(CNCC2CCC(C)C2)n(C)n1. The molecule has 1 aromatic rings. The standard InChI is InChI=1S/C13H23N3/c1-10-4-5-12(6-10)8-14-9-13-7-11(2)15-16(13)3/h7,10,12,14H,4-6,8-9H2,1-3H3. The molecule has 1 aliphatic rings. The van der Waals surface area contributed by atoms with Gasteiger partial charge in [0.1, 0.15) is 0 Å². The highest BCUT2D eigenvalue weighted by atomic mass is 15.3. The lowest BCUT2D eigenvalue weighted by molar-refractivity contribution is 0.465. The fraction of sp³-hybridized carbons (Fsp3) is 0.769. The Kier molecular flexibility index (Phi) is 3.64. The summed E-state index contributed by atoms with van der Waals surface area (Å²) in [7, 11) is 2.02. The van der Waals surface area contributed by atoms with Crippen molar-refractivity contribution in [2.75, 3.05) is 6.54 Å². The van der Waals surface area contributed by atoms with E-state index in [1.807, 2.05) is 18.7 Å². The number of rotatable bonds is 4. The molecule has 90 valence electrons. The molecule has 2 rings (SSSR count). The van der Waals surface area contributed by atoms with Gasteiger partial charge in [-0.15, -0.1) is 0 Å². The van der Waals surface area contributed by atoms with Gasteiger partial charge in [-0.1, -0.05) is 13.3 Å². The van der Waals surface area contributed by atoms with E-state index in [9.17, 15) is 0 Å². The summed E-state index contributed by atoms with van der Waals surface area (Å²) in [4.78, 5) is 0. The molecule has 2 unspecified atom stereocenters. The number of nitrogens with one attached hydrogen (secondary N) is 1. The van der Waals surface area contributed by atoms with E-state index < -0.39 is 0 Å². The average Bonchev–Trinajstić information content (AvgIpc) is 2.74. The summed E-state index contributed by atoms with van der Waals surface area (Å²) in [6, 6.07) is 2.16. The van der Waals surface area contributed by atoms with Crippen LogP contribution in [0.5, 0.6) is 0 Å². The van der Waals surface area contributed by atoms with Gasteiger partial charge < -0.3 is 5.32 Å². The fourth-order valence-electron chi connectivity index (χ4n) is 2.74. The minimum absolute atomic E-state index is 0.893. The number of aryl methyl sites for hydroxylation is 2. The van der Waals surface area contributed by atoms with E-state index in [-0.39, 0.29) is 0 Å². The van der Waals surface area contributed by atoms with Gasteiger partial charge in [-0.05, 0) is 44.2 Å². The third kappa shape index (κ3) is 2.85. The fourth-order valence-corrected chi connectivity index (χ4v) is 2.74. The topological polar surface area (TPSA) is 29.9 Å². The molecular weight excluding hydrogens is 198 g/mol. The lowest BCUT2D eigenvalue weighted by Crippen LogP contribution is -2.22. The third-order valence-corrected chi connectivity index (χ3v) is 3.64. The molecule has 16 heavy (non-hydrogen) atoms. The first-order chi connectivity index (χ1) is 7.65. The van der Waals surface area contributed by atoms with Gasteiger partial charge in [0.05, 0.1) is 11.4 Å². The van der Waals surface area contributed by atoms with Gasteiger partial charge in [0.25, 0.3) is 0 Å². The summed E-state index contributed by atoms with van der Waals surface area (Å²) in [5, 5.41) is 7.91. The van der Waals surface area contributed by atoms with Crippen LogP contribution in [0.1, 0.15) is 37.6 Å². The predicted molar refractivity (Wildman–Crippen MR) is 66.2 cm³/mol. The first kappa shape index (κ1) is 11.6. The van der Waals surface area contributed by atoms with Gasteiger partial charge in [0.2, 0.25) is 0 Å². The second-order valence-electron chi connectivity index (χ2n) is 5.32. The van der Waals surface area contributed by atoms with Gasteiger partial charge in [0, 0.05) is 13.6 Å². The Morgan fingerprint density at radius 3 is 2.88 bits per heavy atom. The molecule has 1 aromatic heterocycles. The highest BCUT2D eigenvalue weighted by Gasteiger charge is 2.20. The Bertz CT molecular complexity index is 343. The number of hydrogen-bond donors (Lipinski definition) is 1. The predicted octanol–water partition coefficient (Wildman–Crippen LogP) is 2.25. The Morgan fingerprint density at radius 1 is 1.50 bits per heavy atom. The van der Waals surface area contributed by atoms with E-state index in [1.165, 1.54) is 25.0 Å². The Labute approximate surface area is 98.2 Å². The quantitative estimate of drug-likeness (QED) is 0.845. The normalized spacial score (nSPS) is 25.2. The van der Waals surface area contributed by atoms with Crippen molar-refractivity contribution in [3.05, 3.63) is 17.5 Å². The highest BCUT2D eigenvalue weighted by Crippen LogP contribution is 2.29. The molecule has 0 aromatic carbocycles. The van der Waals surface area contributed by atoms with Crippen LogP contribution >= 0.6 is 0 Å². The van der Waals surface area contributed by atoms with Gasteiger partial charge >= 0.3 is 0 Å². The minimum atomic E-state index is 0.893. The Hall–Kier alpha value is -0.830. The van der Waals surface area contributed by atoms with Crippen LogP contribution in [0, 0.1) is 18.8 Å². The van der Waals surface area contributed by atoms with Crippen molar-refractivity contribution >= 4 is 0 Å². The minimum Gasteiger partial charge on any atom is -0.311 e. The summed E-state index contributed by atoms with van der Waals surface area (Å²) in [6.45, 7) is 6.52. The molecule has 3 nitrogen and oxygen atoms in total. The Morgan fingerprint density at radius 2 is 2.31 bits per heavy atom. The third-order valence-electron chi connectivity index (χ3n) is 3.64. The van der Waals surface area contributed by atoms with Crippen LogP contribution in [-0.2, 0) is 13.6 Å². The van der Waals surface area contributed by atoms with Crippen molar-refractivity contribution in [1.29, 1.82) is 0 Å². The lowest BCUT2D eigenvalue weighted by atomic mass is 10.1. The maximum absolute atomic E-state index is 4.35. The second-order valence-corrected chi connectivity index (χ2v) is 5.32. The van der Waals surface area contributed by atoms with Crippen LogP contribution in [-0.4, -0.2) is 16.3 Å². The average molecular weight is 221 g/mol.